The van der Waals surface area contributed by atoms with Crippen molar-refractivity contribution in [3.8, 4) is 17.2 Å². The van der Waals surface area contributed by atoms with Crippen LogP contribution in [0.3, 0.4) is 0 Å². The number of rotatable bonds is 11. The summed E-state index contributed by atoms with van der Waals surface area (Å²) in [5, 5.41) is 5.79. The Morgan fingerprint density at radius 3 is 2.06 bits per heavy atom. The van der Waals surface area contributed by atoms with Crippen molar-refractivity contribution in [2.24, 2.45) is 0 Å². The maximum atomic E-state index is 12.7. The van der Waals surface area contributed by atoms with Crippen LogP contribution in [0.5, 0.6) is 17.2 Å². The van der Waals surface area contributed by atoms with Crippen LogP contribution in [0, 0.1) is 0 Å². The molecule has 0 aliphatic heterocycles. The van der Waals surface area contributed by atoms with Gasteiger partial charge in [0.1, 0.15) is 0 Å². The van der Waals surface area contributed by atoms with Gasteiger partial charge in [-0.2, -0.15) is 0 Å². The Morgan fingerprint density at radius 2 is 1.41 bits per heavy atom. The number of amides is 2. The van der Waals surface area contributed by atoms with E-state index in [-0.39, 0.29) is 18.2 Å². The van der Waals surface area contributed by atoms with Crippen LogP contribution in [0.2, 0.25) is 0 Å². The molecule has 0 fully saturated rings. The summed E-state index contributed by atoms with van der Waals surface area (Å²) in [6.45, 7) is 0.506. The molecule has 0 radical (unpaired) electrons. The molecule has 0 aromatic heterocycles. The minimum absolute atomic E-state index is 0.196. The number of carbonyl (C=O) groups is 2. The van der Waals surface area contributed by atoms with Gasteiger partial charge < -0.3 is 24.8 Å². The first-order chi connectivity index (χ1) is 16.5. The summed E-state index contributed by atoms with van der Waals surface area (Å²) in [5.41, 5.74) is 2.93. The third-order valence-corrected chi connectivity index (χ3v) is 5.35. The SMILES string of the molecule is COc1cc(CCC(=O)Nc2ccccc2C(=O)NCCc2ccccc2)cc(OC)c1OC. The number of para-hydroxylation sites is 1. The van der Waals surface area contributed by atoms with Crippen molar-refractivity contribution in [1.82, 2.24) is 5.32 Å². The van der Waals surface area contributed by atoms with Crippen LogP contribution < -0.4 is 24.8 Å². The van der Waals surface area contributed by atoms with E-state index in [4.69, 9.17) is 14.2 Å². The second-order valence-corrected chi connectivity index (χ2v) is 7.62. The zero-order valence-electron chi connectivity index (χ0n) is 19.7. The van der Waals surface area contributed by atoms with E-state index in [2.05, 4.69) is 10.6 Å². The molecule has 0 saturated heterocycles. The van der Waals surface area contributed by atoms with Gasteiger partial charge in [0, 0.05) is 13.0 Å². The third-order valence-electron chi connectivity index (χ3n) is 5.35. The maximum Gasteiger partial charge on any atom is 0.253 e. The van der Waals surface area contributed by atoms with E-state index < -0.39 is 0 Å². The number of hydrogen-bond acceptors (Lipinski definition) is 5. The van der Waals surface area contributed by atoms with Gasteiger partial charge in [-0.1, -0.05) is 42.5 Å². The lowest BCUT2D eigenvalue weighted by atomic mass is 10.1. The molecule has 2 N–H and O–H groups in total. The van der Waals surface area contributed by atoms with E-state index >= 15 is 0 Å². The smallest absolute Gasteiger partial charge is 0.253 e. The van der Waals surface area contributed by atoms with E-state index in [1.165, 1.54) is 0 Å². The molecule has 0 unspecified atom stereocenters. The molecule has 7 nitrogen and oxygen atoms in total. The van der Waals surface area contributed by atoms with E-state index in [0.29, 0.717) is 41.5 Å². The van der Waals surface area contributed by atoms with Crippen LogP contribution in [0.15, 0.2) is 66.7 Å². The van der Waals surface area contributed by atoms with Crippen molar-refractivity contribution < 1.29 is 23.8 Å². The predicted molar refractivity (Wildman–Crippen MR) is 132 cm³/mol. The molecule has 0 aliphatic rings. The molecule has 0 aliphatic carbocycles. The lowest BCUT2D eigenvalue weighted by Gasteiger charge is -2.14. The minimum Gasteiger partial charge on any atom is -0.493 e. The van der Waals surface area contributed by atoms with Crippen LogP contribution in [-0.2, 0) is 17.6 Å². The Bertz CT molecular complexity index is 1090. The highest BCUT2D eigenvalue weighted by molar-refractivity contribution is 6.03. The zero-order chi connectivity index (χ0) is 24.3. The zero-order valence-corrected chi connectivity index (χ0v) is 19.7. The van der Waals surface area contributed by atoms with E-state index in [0.717, 1.165) is 17.5 Å². The van der Waals surface area contributed by atoms with Crippen molar-refractivity contribution in [3.05, 3.63) is 83.4 Å². The summed E-state index contributed by atoms with van der Waals surface area (Å²) in [6, 6.07) is 20.6. The number of benzene rings is 3. The van der Waals surface area contributed by atoms with Crippen molar-refractivity contribution in [1.29, 1.82) is 0 Å². The number of methoxy groups -OCH3 is 3. The van der Waals surface area contributed by atoms with Crippen LogP contribution in [0.1, 0.15) is 27.9 Å². The Morgan fingerprint density at radius 1 is 0.765 bits per heavy atom. The van der Waals surface area contributed by atoms with E-state index in [1.807, 2.05) is 42.5 Å². The molecular formula is C27H30N2O5. The first-order valence-electron chi connectivity index (χ1n) is 11.1. The molecule has 0 bridgehead atoms. The first-order valence-corrected chi connectivity index (χ1v) is 11.1. The second-order valence-electron chi connectivity index (χ2n) is 7.62. The quantitative estimate of drug-likeness (QED) is 0.445. The number of nitrogens with one attached hydrogen (secondary N) is 2. The summed E-state index contributed by atoms with van der Waals surface area (Å²) in [5.74, 6) is 1.16. The van der Waals surface area contributed by atoms with Crippen molar-refractivity contribution in [2.75, 3.05) is 33.2 Å². The fourth-order valence-corrected chi connectivity index (χ4v) is 3.60. The Kier molecular flexibility index (Phi) is 8.91. The van der Waals surface area contributed by atoms with Crippen LogP contribution in [0.4, 0.5) is 5.69 Å². The summed E-state index contributed by atoms with van der Waals surface area (Å²) in [6.07, 6.45) is 1.42. The average Bonchev–Trinajstić information content (AvgIpc) is 2.87. The number of aryl methyl sites for hydroxylation is 1. The summed E-state index contributed by atoms with van der Waals surface area (Å²) >= 11 is 0. The van der Waals surface area contributed by atoms with Crippen molar-refractivity contribution >= 4 is 17.5 Å². The Balaban J connectivity index is 1.60. The summed E-state index contributed by atoms with van der Waals surface area (Å²) < 4.78 is 16.1. The highest BCUT2D eigenvalue weighted by Crippen LogP contribution is 2.38. The minimum atomic E-state index is -0.226. The maximum absolute atomic E-state index is 12.7. The second kappa shape index (κ2) is 12.3. The van der Waals surface area contributed by atoms with Gasteiger partial charge in [0.25, 0.3) is 5.91 Å². The largest absolute Gasteiger partial charge is 0.493 e. The lowest BCUT2D eigenvalue weighted by Crippen LogP contribution is -2.27. The van der Waals surface area contributed by atoms with Gasteiger partial charge in [-0.15, -0.1) is 0 Å². The fourth-order valence-electron chi connectivity index (χ4n) is 3.60. The molecule has 3 aromatic carbocycles. The number of anilines is 1. The molecule has 0 heterocycles. The topological polar surface area (TPSA) is 85.9 Å². The van der Waals surface area contributed by atoms with Gasteiger partial charge in [-0.3, -0.25) is 9.59 Å². The van der Waals surface area contributed by atoms with Crippen molar-refractivity contribution in [2.45, 2.75) is 19.3 Å². The van der Waals surface area contributed by atoms with Gasteiger partial charge in [-0.25, -0.2) is 0 Å². The lowest BCUT2D eigenvalue weighted by molar-refractivity contribution is -0.116. The molecule has 7 heteroatoms. The normalized spacial score (nSPS) is 10.3. The summed E-state index contributed by atoms with van der Waals surface area (Å²) in [7, 11) is 4.65. The van der Waals surface area contributed by atoms with Crippen molar-refractivity contribution in [3.63, 3.8) is 0 Å². The average molecular weight is 463 g/mol. The monoisotopic (exact) mass is 462 g/mol. The molecule has 3 rings (SSSR count). The standard InChI is InChI=1S/C27H30N2O5/c1-32-23-17-20(18-24(33-2)26(23)34-3)13-14-25(30)29-22-12-8-7-11-21(22)27(31)28-16-15-19-9-5-4-6-10-19/h4-12,17-18H,13-16H2,1-3H3,(H,28,31)(H,29,30). The molecule has 0 saturated carbocycles. The highest BCUT2D eigenvalue weighted by Gasteiger charge is 2.16. The number of ether oxygens (including phenoxy) is 3. The third kappa shape index (κ3) is 6.51. The van der Waals surface area contributed by atoms with E-state index in [9.17, 15) is 9.59 Å². The van der Waals surface area contributed by atoms with Gasteiger partial charge in [0.2, 0.25) is 11.7 Å². The highest BCUT2D eigenvalue weighted by atomic mass is 16.5. The first kappa shape index (κ1) is 24.6. The molecule has 3 aromatic rings. The number of hydrogen-bond donors (Lipinski definition) is 2. The molecular weight excluding hydrogens is 432 g/mol. The van der Waals surface area contributed by atoms with Crippen LogP contribution in [-0.4, -0.2) is 39.7 Å². The fraction of sp³-hybridized carbons (Fsp3) is 0.259. The molecule has 178 valence electrons. The van der Waals surface area contributed by atoms with Gasteiger partial charge in [-0.05, 0) is 48.2 Å². The molecule has 0 atom stereocenters. The number of carbonyl (C=O) groups excluding carboxylic acids is 2. The summed E-state index contributed by atoms with van der Waals surface area (Å²) in [4.78, 5) is 25.4. The van der Waals surface area contributed by atoms with Crippen LogP contribution in [0.25, 0.3) is 0 Å². The molecule has 34 heavy (non-hydrogen) atoms. The Labute approximate surface area is 200 Å². The van der Waals surface area contributed by atoms with Gasteiger partial charge in [0.05, 0.1) is 32.6 Å². The molecule has 0 spiro atoms. The van der Waals surface area contributed by atoms with Gasteiger partial charge >= 0.3 is 0 Å². The Hall–Kier alpha value is -4.00. The predicted octanol–water partition coefficient (Wildman–Crippen LogP) is 4.26. The van der Waals surface area contributed by atoms with Crippen LogP contribution >= 0.6 is 0 Å². The van der Waals surface area contributed by atoms with E-state index in [1.54, 1.807) is 45.6 Å². The van der Waals surface area contributed by atoms with Gasteiger partial charge in [0.15, 0.2) is 11.5 Å². The molecule has 2 amide bonds.